The molecule has 6 nitrogen and oxygen atoms in total. The van der Waals surface area contributed by atoms with Crippen molar-refractivity contribution in [2.45, 2.75) is 26.8 Å². The van der Waals surface area contributed by atoms with E-state index in [1.54, 1.807) is 37.6 Å². The van der Waals surface area contributed by atoms with Crippen LogP contribution in [0.1, 0.15) is 29.8 Å². The summed E-state index contributed by atoms with van der Waals surface area (Å²) in [5.41, 5.74) is 3.29. The summed E-state index contributed by atoms with van der Waals surface area (Å²) in [7, 11) is 0. The second kappa shape index (κ2) is 5.64. The number of benzene rings is 1. The van der Waals surface area contributed by atoms with Gasteiger partial charge >= 0.3 is 0 Å². The molecule has 0 radical (unpaired) electrons. The molecule has 0 aliphatic rings. The molecule has 20 heavy (non-hydrogen) atoms. The van der Waals surface area contributed by atoms with Crippen molar-refractivity contribution in [3.8, 4) is 0 Å². The minimum Gasteiger partial charge on any atom is -0.377 e. The van der Waals surface area contributed by atoms with Gasteiger partial charge in [-0.15, -0.1) is 0 Å². The van der Waals surface area contributed by atoms with Crippen molar-refractivity contribution in [3.63, 3.8) is 0 Å². The van der Waals surface area contributed by atoms with Crippen molar-refractivity contribution in [2.24, 2.45) is 0 Å². The molecule has 0 saturated carbocycles. The first-order valence-corrected chi connectivity index (χ1v) is 6.27. The zero-order chi connectivity index (χ0) is 14.7. The summed E-state index contributed by atoms with van der Waals surface area (Å²) in [4.78, 5) is 18.8. The van der Waals surface area contributed by atoms with Crippen LogP contribution in [-0.2, 0) is 0 Å². The third kappa shape index (κ3) is 2.90. The normalized spacial score (nSPS) is 11.9. The lowest BCUT2D eigenvalue weighted by molar-refractivity contribution is -0.385. The molecule has 0 amide bonds. The van der Waals surface area contributed by atoms with Gasteiger partial charge in [-0.05, 0) is 32.4 Å². The first kappa shape index (κ1) is 13.9. The molecule has 0 fully saturated rings. The second-order valence-corrected chi connectivity index (χ2v) is 4.71. The molecule has 1 N–H and O–H groups in total. The molecule has 1 heterocycles. The summed E-state index contributed by atoms with van der Waals surface area (Å²) in [5, 5.41) is 14.2. The quantitative estimate of drug-likeness (QED) is 0.683. The predicted octanol–water partition coefficient (Wildman–Crippen LogP) is 3.17. The average molecular weight is 272 g/mol. The number of nitro groups is 1. The number of rotatable bonds is 4. The largest absolute Gasteiger partial charge is 0.377 e. The standard InChI is InChI=1S/C14H16N4O2/c1-9-7-14(18(19)20)10(2)6-12(9)17-11(3)13-8-15-4-5-16-13/h4-8,11,17H,1-3H3. The van der Waals surface area contributed by atoms with Gasteiger partial charge in [0.1, 0.15) is 0 Å². The monoisotopic (exact) mass is 272 g/mol. The van der Waals surface area contributed by atoms with E-state index in [1.165, 1.54) is 0 Å². The van der Waals surface area contributed by atoms with Gasteiger partial charge in [-0.2, -0.15) is 0 Å². The van der Waals surface area contributed by atoms with Crippen LogP contribution in [0.15, 0.2) is 30.7 Å². The molecule has 0 aliphatic heterocycles. The second-order valence-electron chi connectivity index (χ2n) is 4.71. The minimum absolute atomic E-state index is 0.0248. The van der Waals surface area contributed by atoms with Gasteiger partial charge in [0.05, 0.1) is 22.9 Å². The Hall–Kier alpha value is -2.50. The maximum absolute atomic E-state index is 10.9. The Balaban J connectivity index is 2.26. The van der Waals surface area contributed by atoms with Crippen molar-refractivity contribution in [2.75, 3.05) is 5.32 Å². The molecule has 104 valence electrons. The van der Waals surface area contributed by atoms with Crippen LogP contribution in [-0.4, -0.2) is 14.9 Å². The summed E-state index contributed by atoms with van der Waals surface area (Å²) < 4.78 is 0. The highest BCUT2D eigenvalue weighted by atomic mass is 16.6. The van der Waals surface area contributed by atoms with Crippen LogP contribution in [0.4, 0.5) is 11.4 Å². The van der Waals surface area contributed by atoms with E-state index in [-0.39, 0.29) is 16.7 Å². The molecule has 1 aromatic heterocycles. The van der Waals surface area contributed by atoms with Gasteiger partial charge in [0.15, 0.2) is 0 Å². The van der Waals surface area contributed by atoms with Gasteiger partial charge in [0, 0.05) is 29.7 Å². The Labute approximate surface area is 117 Å². The van der Waals surface area contributed by atoms with E-state index in [1.807, 2.05) is 13.8 Å². The Morgan fingerprint density at radius 1 is 1.25 bits per heavy atom. The molecule has 2 aromatic rings. The lowest BCUT2D eigenvalue weighted by atomic mass is 10.1. The van der Waals surface area contributed by atoms with Crippen LogP contribution < -0.4 is 5.32 Å². The van der Waals surface area contributed by atoms with Crippen LogP contribution in [0.25, 0.3) is 0 Å². The SMILES string of the molecule is Cc1cc([N+](=O)[O-])c(C)cc1NC(C)c1cnccn1. The third-order valence-electron chi connectivity index (χ3n) is 3.14. The number of aryl methyl sites for hydroxylation is 2. The highest BCUT2D eigenvalue weighted by Crippen LogP contribution is 2.28. The van der Waals surface area contributed by atoms with Crippen molar-refractivity contribution in [1.82, 2.24) is 9.97 Å². The molecule has 0 saturated heterocycles. The fraction of sp³-hybridized carbons (Fsp3) is 0.286. The van der Waals surface area contributed by atoms with Crippen LogP contribution >= 0.6 is 0 Å². The van der Waals surface area contributed by atoms with E-state index in [4.69, 9.17) is 0 Å². The highest BCUT2D eigenvalue weighted by Gasteiger charge is 2.15. The fourth-order valence-electron chi connectivity index (χ4n) is 1.99. The van der Waals surface area contributed by atoms with Crippen molar-refractivity contribution < 1.29 is 4.92 Å². The predicted molar refractivity (Wildman–Crippen MR) is 76.6 cm³/mol. The summed E-state index contributed by atoms with van der Waals surface area (Å²) in [6.45, 7) is 5.55. The molecule has 0 bridgehead atoms. The number of anilines is 1. The van der Waals surface area contributed by atoms with Crippen molar-refractivity contribution in [1.29, 1.82) is 0 Å². The molecule has 0 aliphatic carbocycles. The van der Waals surface area contributed by atoms with Gasteiger partial charge < -0.3 is 5.32 Å². The fourth-order valence-corrected chi connectivity index (χ4v) is 1.99. The average Bonchev–Trinajstić information content (AvgIpc) is 2.43. The summed E-state index contributed by atoms with van der Waals surface area (Å²) in [6, 6.07) is 3.35. The Morgan fingerprint density at radius 2 is 2.00 bits per heavy atom. The summed E-state index contributed by atoms with van der Waals surface area (Å²) >= 11 is 0. The molecule has 1 atom stereocenters. The van der Waals surface area contributed by atoms with E-state index in [9.17, 15) is 10.1 Å². The van der Waals surface area contributed by atoms with E-state index >= 15 is 0 Å². The Kier molecular flexibility index (Phi) is 3.93. The van der Waals surface area contributed by atoms with E-state index in [0.29, 0.717) is 5.56 Å². The van der Waals surface area contributed by atoms with Gasteiger partial charge in [0.25, 0.3) is 5.69 Å². The van der Waals surface area contributed by atoms with E-state index in [2.05, 4.69) is 15.3 Å². The number of nitro benzene ring substituents is 1. The van der Waals surface area contributed by atoms with Gasteiger partial charge in [-0.25, -0.2) is 0 Å². The molecule has 0 spiro atoms. The van der Waals surface area contributed by atoms with Crippen LogP contribution in [0.5, 0.6) is 0 Å². The molecule has 1 unspecified atom stereocenters. The number of aromatic nitrogens is 2. The molecular formula is C14H16N4O2. The van der Waals surface area contributed by atoms with Gasteiger partial charge in [-0.1, -0.05) is 0 Å². The first-order valence-electron chi connectivity index (χ1n) is 6.27. The minimum atomic E-state index is -0.363. The first-order chi connectivity index (χ1) is 9.49. The van der Waals surface area contributed by atoms with Crippen LogP contribution in [0.2, 0.25) is 0 Å². The third-order valence-corrected chi connectivity index (χ3v) is 3.14. The molecule has 6 heteroatoms. The molecular weight excluding hydrogens is 256 g/mol. The molecule has 2 rings (SSSR count). The number of hydrogen-bond acceptors (Lipinski definition) is 5. The van der Waals surface area contributed by atoms with Crippen molar-refractivity contribution in [3.05, 3.63) is 57.7 Å². The Bertz CT molecular complexity index is 629. The van der Waals surface area contributed by atoms with Crippen molar-refractivity contribution >= 4 is 11.4 Å². The number of nitrogens with one attached hydrogen (secondary N) is 1. The van der Waals surface area contributed by atoms with E-state index < -0.39 is 0 Å². The van der Waals surface area contributed by atoms with E-state index in [0.717, 1.165) is 16.9 Å². The van der Waals surface area contributed by atoms with Gasteiger partial charge in [-0.3, -0.25) is 20.1 Å². The molecule has 1 aromatic carbocycles. The van der Waals surface area contributed by atoms with Crippen LogP contribution in [0.3, 0.4) is 0 Å². The lowest BCUT2D eigenvalue weighted by Gasteiger charge is -2.16. The zero-order valence-electron chi connectivity index (χ0n) is 11.6. The smallest absolute Gasteiger partial charge is 0.272 e. The van der Waals surface area contributed by atoms with Crippen LogP contribution in [0, 0.1) is 24.0 Å². The highest BCUT2D eigenvalue weighted by molar-refractivity contribution is 5.59. The topological polar surface area (TPSA) is 81.0 Å². The van der Waals surface area contributed by atoms with Gasteiger partial charge in [0.2, 0.25) is 0 Å². The zero-order valence-corrected chi connectivity index (χ0v) is 11.6. The maximum Gasteiger partial charge on any atom is 0.272 e. The summed E-state index contributed by atoms with van der Waals surface area (Å²) in [6.07, 6.45) is 4.96. The number of hydrogen-bond donors (Lipinski definition) is 1. The maximum atomic E-state index is 10.9. The lowest BCUT2D eigenvalue weighted by Crippen LogP contribution is -2.10. The number of nitrogens with zero attached hydrogens (tertiary/aromatic N) is 3. The summed E-state index contributed by atoms with van der Waals surface area (Å²) in [5.74, 6) is 0. The Morgan fingerprint density at radius 3 is 2.60 bits per heavy atom.